The lowest BCUT2D eigenvalue weighted by Crippen LogP contribution is -2.33. The second-order valence-electron chi connectivity index (χ2n) is 4.98. The van der Waals surface area contributed by atoms with Gasteiger partial charge in [0, 0.05) is 25.2 Å². The molecule has 5 nitrogen and oxygen atoms in total. The Kier molecular flexibility index (Phi) is 3.64. The molecule has 0 fully saturated rings. The van der Waals surface area contributed by atoms with Crippen LogP contribution < -0.4 is 5.32 Å². The van der Waals surface area contributed by atoms with Crippen LogP contribution in [0.3, 0.4) is 0 Å². The molecule has 0 radical (unpaired) electrons. The summed E-state index contributed by atoms with van der Waals surface area (Å²) in [4.78, 5) is 11.5. The lowest BCUT2D eigenvalue weighted by atomic mass is 10.0. The van der Waals surface area contributed by atoms with E-state index < -0.39 is 10.0 Å². The Hall–Kier alpha value is -1.40. The number of carbonyl (C=O) groups excluding carboxylic acids is 1. The van der Waals surface area contributed by atoms with Crippen LogP contribution in [0.15, 0.2) is 23.1 Å². The van der Waals surface area contributed by atoms with E-state index in [0.717, 1.165) is 5.56 Å². The van der Waals surface area contributed by atoms with Crippen LogP contribution in [0.5, 0.6) is 0 Å². The van der Waals surface area contributed by atoms with Gasteiger partial charge in [-0.1, -0.05) is 0 Å². The zero-order valence-electron chi connectivity index (χ0n) is 11.3. The molecule has 2 rings (SSSR count). The second kappa shape index (κ2) is 4.94. The van der Waals surface area contributed by atoms with Crippen molar-refractivity contribution in [3.05, 3.63) is 23.8 Å². The van der Waals surface area contributed by atoms with Crippen molar-refractivity contribution < 1.29 is 13.2 Å². The summed E-state index contributed by atoms with van der Waals surface area (Å²) in [5.41, 5.74) is 1.58. The zero-order valence-corrected chi connectivity index (χ0v) is 12.1. The molecule has 1 aliphatic heterocycles. The van der Waals surface area contributed by atoms with Gasteiger partial charge in [0.1, 0.15) is 0 Å². The van der Waals surface area contributed by atoms with E-state index in [9.17, 15) is 13.2 Å². The number of nitrogens with zero attached hydrogens (tertiary/aromatic N) is 1. The molecule has 0 saturated heterocycles. The number of aryl methyl sites for hydroxylation is 1. The molecule has 1 amide bonds. The van der Waals surface area contributed by atoms with Gasteiger partial charge in [-0.25, -0.2) is 8.42 Å². The van der Waals surface area contributed by atoms with E-state index in [1.54, 1.807) is 25.2 Å². The summed E-state index contributed by atoms with van der Waals surface area (Å²) in [6.07, 6.45) is 0.979. The predicted octanol–water partition coefficient (Wildman–Crippen LogP) is 1.60. The number of hydrogen-bond donors (Lipinski definition) is 1. The second-order valence-corrected chi connectivity index (χ2v) is 6.98. The Bertz CT molecular complexity index is 608. The van der Waals surface area contributed by atoms with Crippen LogP contribution in [-0.2, 0) is 21.2 Å². The third-order valence-corrected chi connectivity index (χ3v) is 5.41. The lowest BCUT2D eigenvalue weighted by molar-refractivity contribution is -0.116. The first-order valence-electron chi connectivity index (χ1n) is 6.23. The number of carbonyl (C=O) groups is 1. The van der Waals surface area contributed by atoms with Crippen LogP contribution in [0, 0.1) is 0 Å². The van der Waals surface area contributed by atoms with Crippen LogP contribution in [0.2, 0.25) is 0 Å². The molecule has 1 aliphatic rings. The number of fused-ring (bicyclic) bond motifs is 1. The predicted molar refractivity (Wildman–Crippen MR) is 73.5 cm³/mol. The van der Waals surface area contributed by atoms with Crippen molar-refractivity contribution in [1.82, 2.24) is 4.31 Å². The molecule has 6 heteroatoms. The van der Waals surface area contributed by atoms with Crippen molar-refractivity contribution in [3.63, 3.8) is 0 Å². The monoisotopic (exact) mass is 282 g/mol. The highest BCUT2D eigenvalue weighted by molar-refractivity contribution is 7.89. The summed E-state index contributed by atoms with van der Waals surface area (Å²) in [6.45, 7) is 3.66. The minimum Gasteiger partial charge on any atom is -0.326 e. The number of sulfonamides is 1. The lowest BCUT2D eigenvalue weighted by Gasteiger charge is -2.23. The standard InChI is InChI=1S/C13H18N2O3S/c1-9(2)15(3)19(17,18)11-5-6-12-10(8-11)4-7-13(16)14-12/h5-6,8-9H,4,7H2,1-3H3,(H,14,16). The fourth-order valence-corrected chi connectivity index (χ4v) is 3.38. The molecule has 0 aromatic heterocycles. The Morgan fingerprint density at radius 1 is 1.26 bits per heavy atom. The molecule has 0 bridgehead atoms. The maximum atomic E-state index is 12.4. The van der Waals surface area contributed by atoms with Gasteiger partial charge < -0.3 is 5.32 Å². The number of nitrogens with one attached hydrogen (secondary N) is 1. The van der Waals surface area contributed by atoms with Crippen molar-refractivity contribution in [2.45, 2.75) is 37.6 Å². The van der Waals surface area contributed by atoms with Crippen molar-refractivity contribution in [2.75, 3.05) is 12.4 Å². The van der Waals surface area contributed by atoms with E-state index in [2.05, 4.69) is 5.32 Å². The Balaban J connectivity index is 2.40. The van der Waals surface area contributed by atoms with Gasteiger partial charge in [0.15, 0.2) is 0 Å². The maximum Gasteiger partial charge on any atom is 0.243 e. The van der Waals surface area contributed by atoms with Crippen molar-refractivity contribution in [1.29, 1.82) is 0 Å². The average molecular weight is 282 g/mol. The van der Waals surface area contributed by atoms with Crippen molar-refractivity contribution >= 4 is 21.6 Å². The van der Waals surface area contributed by atoms with Gasteiger partial charge in [0.25, 0.3) is 0 Å². The van der Waals surface area contributed by atoms with Crippen LogP contribution in [0.25, 0.3) is 0 Å². The van der Waals surface area contributed by atoms with Gasteiger partial charge in [-0.15, -0.1) is 0 Å². The van der Waals surface area contributed by atoms with Gasteiger partial charge in [-0.05, 0) is 44.0 Å². The molecular weight excluding hydrogens is 264 g/mol. The molecule has 1 heterocycles. The molecule has 0 saturated carbocycles. The van der Waals surface area contributed by atoms with Gasteiger partial charge in [0.2, 0.25) is 15.9 Å². The fourth-order valence-electron chi connectivity index (χ4n) is 1.96. The smallest absolute Gasteiger partial charge is 0.243 e. The van der Waals surface area contributed by atoms with Crippen molar-refractivity contribution in [2.24, 2.45) is 0 Å². The molecular formula is C13H18N2O3S. The summed E-state index contributed by atoms with van der Waals surface area (Å²) in [5.74, 6) is -0.0256. The van der Waals surface area contributed by atoms with Gasteiger partial charge in [-0.2, -0.15) is 4.31 Å². The third kappa shape index (κ3) is 2.64. The van der Waals surface area contributed by atoms with E-state index in [1.807, 2.05) is 13.8 Å². The molecule has 1 aromatic carbocycles. The van der Waals surface area contributed by atoms with Crippen LogP contribution in [-0.4, -0.2) is 31.7 Å². The summed E-state index contributed by atoms with van der Waals surface area (Å²) in [6, 6.07) is 4.76. The minimum atomic E-state index is -3.46. The van der Waals surface area contributed by atoms with Crippen molar-refractivity contribution in [3.8, 4) is 0 Å². The first-order valence-corrected chi connectivity index (χ1v) is 7.67. The molecule has 19 heavy (non-hydrogen) atoms. The topological polar surface area (TPSA) is 66.5 Å². The van der Waals surface area contributed by atoms with Gasteiger partial charge >= 0.3 is 0 Å². The molecule has 0 spiro atoms. The van der Waals surface area contributed by atoms with E-state index in [0.29, 0.717) is 18.5 Å². The molecule has 1 N–H and O–H groups in total. The third-order valence-electron chi connectivity index (χ3n) is 3.38. The van der Waals surface area contributed by atoms with Gasteiger partial charge in [0.05, 0.1) is 4.90 Å². The zero-order chi connectivity index (χ0) is 14.2. The molecule has 0 aliphatic carbocycles. The first kappa shape index (κ1) is 14.0. The number of hydrogen-bond acceptors (Lipinski definition) is 3. The van der Waals surface area contributed by atoms with Crippen LogP contribution >= 0.6 is 0 Å². The van der Waals surface area contributed by atoms with Crippen LogP contribution in [0.1, 0.15) is 25.8 Å². The molecule has 0 atom stereocenters. The largest absolute Gasteiger partial charge is 0.326 e. The summed E-state index contributed by atoms with van der Waals surface area (Å²) < 4.78 is 26.1. The van der Waals surface area contributed by atoms with E-state index in [4.69, 9.17) is 0 Å². The SMILES string of the molecule is CC(C)N(C)S(=O)(=O)c1ccc2c(c1)CCC(=O)N2. The van der Waals surface area contributed by atoms with Gasteiger partial charge in [-0.3, -0.25) is 4.79 Å². The molecule has 104 valence electrons. The van der Waals surface area contributed by atoms with Crippen LogP contribution in [0.4, 0.5) is 5.69 Å². The summed E-state index contributed by atoms with van der Waals surface area (Å²) in [7, 11) is -1.89. The Labute approximate surface area is 113 Å². The molecule has 1 aromatic rings. The minimum absolute atomic E-state index is 0.0256. The quantitative estimate of drug-likeness (QED) is 0.915. The number of anilines is 1. The number of amides is 1. The summed E-state index contributed by atoms with van der Waals surface area (Å²) in [5, 5.41) is 2.74. The highest BCUT2D eigenvalue weighted by Crippen LogP contribution is 2.27. The normalized spacial score (nSPS) is 15.5. The number of rotatable bonds is 3. The Morgan fingerprint density at radius 2 is 1.95 bits per heavy atom. The summed E-state index contributed by atoms with van der Waals surface area (Å²) >= 11 is 0. The van der Waals surface area contributed by atoms with E-state index >= 15 is 0 Å². The highest BCUT2D eigenvalue weighted by Gasteiger charge is 2.25. The highest BCUT2D eigenvalue weighted by atomic mass is 32.2. The fraction of sp³-hybridized carbons (Fsp3) is 0.462. The number of benzene rings is 1. The Morgan fingerprint density at radius 3 is 2.58 bits per heavy atom. The average Bonchev–Trinajstić information content (AvgIpc) is 2.36. The molecule has 0 unspecified atom stereocenters. The first-order chi connectivity index (χ1) is 8.82. The van der Waals surface area contributed by atoms with E-state index in [-0.39, 0.29) is 16.8 Å². The maximum absolute atomic E-state index is 12.4. The van der Waals surface area contributed by atoms with E-state index in [1.165, 1.54) is 4.31 Å².